The number of para-hydroxylation sites is 1. The molecule has 0 aliphatic carbocycles. The molecule has 1 atom stereocenters. The van der Waals surface area contributed by atoms with Crippen LogP contribution in [0.1, 0.15) is 5.56 Å². The van der Waals surface area contributed by atoms with Gasteiger partial charge in [0, 0.05) is 4.90 Å². The number of hydrogen-bond acceptors (Lipinski definition) is 5. The van der Waals surface area contributed by atoms with Crippen LogP contribution >= 0.6 is 0 Å². The summed E-state index contributed by atoms with van der Waals surface area (Å²) >= 11 is 0. The molecule has 1 unspecified atom stereocenters. The number of halogens is 3. The Morgan fingerprint density at radius 1 is 0.829 bits per heavy atom. The fraction of sp³-hybridized carbons (Fsp3) is 0.0870. The molecule has 3 aromatic carbocycles. The minimum atomic E-state index is -4.87. The second-order valence-electron chi connectivity index (χ2n) is 7.26. The van der Waals surface area contributed by atoms with Crippen molar-refractivity contribution in [1.29, 1.82) is 0 Å². The van der Waals surface area contributed by atoms with Crippen molar-refractivity contribution in [2.45, 2.75) is 17.3 Å². The Bertz CT molecular complexity index is 1590. The Morgan fingerprint density at radius 2 is 1.43 bits per heavy atom. The molecule has 0 fully saturated rings. The van der Waals surface area contributed by atoms with E-state index >= 15 is 0 Å². The summed E-state index contributed by atoms with van der Waals surface area (Å²) in [5, 5.41) is 0. The standard InChI is InChI=1S/C23H16F3N3O5S/c1-14-13-16(29-21(31)27-20(30)28(22(29)32)15-5-3-2-4-6-15)7-12-19(14)34-17-8-10-18(11-9-17)35(33)23(24,25)26/h2-13H,1H3,(H,27,30,31). The monoisotopic (exact) mass is 503 g/mol. The van der Waals surface area contributed by atoms with E-state index in [1.807, 2.05) is 0 Å². The van der Waals surface area contributed by atoms with Crippen LogP contribution in [0.15, 0.2) is 92.1 Å². The first-order chi connectivity index (χ1) is 16.6. The fourth-order valence-electron chi connectivity index (χ4n) is 3.29. The molecular formula is C23H16F3N3O5S. The Balaban J connectivity index is 1.67. The third-order valence-electron chi connectivity index (χ3n) is 4.91. The lowest BCUT2D eigenvalue weighted by Gasteiger charge is -2.13. The van der Waals surface area contributed by atoms with Crippen molar-refractivity contribution in [3.05, 3.63) is 110 Å². The van der Waals surface area contributed by atoms with Gasteiger partial charge < -0.3 is 4.74 Å². The Hall–Kier alpha value is -4.19. The molecule has 1 heterocycles. The van der Waals surface area contributed by atoms with Crippen molar-refractivity contribution in [3.63, 3.8) is 0 Å². The van der Waals surface area contributed by atoms with Crippen LogP contribution < -0.4 is 21.8 Å². The van der Waals surface area contributed by atoms with Crippen molar-refractivity contribution < 1.29 is 22.1 Å². The fourth-order valence-corrected chi connectivity index (χ4v) is 3.94. The molecule has 0 saturated carbocycles. The van der Waals surface area contributed by atoms with Gasteiger partial charge in [-0.3, -0.25) is 4.98 Å². The van der Waals surface area contributed by atoms with Gasteiger partial charge in [-0.2, -0.15) is 13.2 Å². The number of nitrogens with one attached hydrogen (secondary N) is 1. The molecule has 0 spiro atoms. The first-order valence-electron chi connectivity index (χ1n) is 9.97. The smallest absolute Gasteiger partial charge is 0.457 e. The lowest BCUT2D eigenvalue weighted by atomic mass is 10.2. The molecule has 12 heteroatoms. The molecule has 0 aliphatic rings. The van der Waals surface area contributed by atoms with Crippen LogP contribution in [0.4, 0.5) is 13.2 Å². The molecule has 0 radical (unpaired) electrons. The van der Waals surface area contributed by atoms with Crippen LogP contribution in [-0.2, 0) is 10.8 Å². The van der Waals surface area contributed by atoms with Gasteiger partial charge in [0.05, 0.1) is 11.4 Å². The number of aryl methyl sites for hydroxylation is 1. The highest BCUT2D eigenvalue weighted by Crippen LogP contribution is 2.30. The average Bonchev–Trinajstić information content (AvgIpc) is 2.80. The summed E-state index contributed by atoms with van der Waals surface area (Å²) in [6.07, 6.45) is 0. The Morgan fingerprint density at radius 3 is 2.00 bits per heavy atom. The second-order valence-corrected chi connectivity index (χ2v) is 8.73. The number of aromatic amines is 1. The molecule has 4 rings (SSSR count). The maximum atomic E-state index is 13.0. The zero-order valence-electron chi connectivity index (χ0n) is 17.9. The molecular weight excluding hydrogens is 487 g/mol. The third-order valence-corrected chi connectivity index (χ3v) is 6.03. The summed E-state index contributed by atoms with van der Waals surface area (Å²) in [5.74, 6) is 0.496. The Kier molecular flexibility index (Phi) is 6.31. The summed E-state index contributed by atoms with van der Waals surface area (Å²) in [6, 6.07) is 17.1. The van der Waals surface area contributed by atoms with E-state index in [2.05, 4.69) is 4.98 Å². The number of alkyl halides is 3. The van der Waals surface area contributed by atoms with Gasteiger partial charge in [0.15, 0.2) is 10.8 Å². The molecule has 4 aromatic rings. The highest BCUT2D eigenvalue weighted by atomic mass is 32.2. The number of benzene rings is 3. The van der Waals surface area contributed by atoms with Gasteiger partial charge in [0.1, 0.15) is 11.5 Å². The van der Waals surface area contributed by atoms with E-state index < -0.39 is 38.3 Å². The molecule has 0 aliphatic heterocycles. The SMILES string of the molecule is Cc1cc(-n2c(=O)[nH]c(=O)n(-c3ccccc3)c2=O)ccc1Oc1ccc(S(=O)C(F)(F)F)cc1. The van der Waals surface area contributed by atoms with Crippen LogP contribution in [0.5, 0.6) is 11.5 Å². The normalized spacial score (nSPS) is 12.3. The molecule has 1 N–H and O–H groups in total. The van der Waals surface area contributed by atoms with E-state index in [9.17, 15) is 31.8 Å². The molecule has 1 aromatic heterocycles. The minimum absolute atomic E-state index is 0.168. The maximum Gasteiger partial charge on any atom is 0.475 e. The zero-order valence-corrected chi connectivity index (χ0v) is 18.7. The summed E-state index contributed by atoms with van der Waals surface area (Å²) in [7, 11) is -3.15. The third kappa shape index (κ3) is 4.87. The van der Waals surface area contributed by atoms with Crippen LogP contribution in [0.25, 0.3) is 11.4 Å². The maximum absolute atomic E-state index is 13.0. The van der Waals surface area contributed by atoms with Gasteiger partial charge in [-0.05, 0) is 67.1 Å². The number of H-pyrrole nitrogens is 1. The molecule has 0 amide bonds. The predicted octanol–water partition coefficient (Wildman–Crippen LogP) is 3.40. The van der Waals surface area contributed by atoms with Gasteiger partial charge in [-0.25, -0.2) is 27.7 Å². The van der Waals surface area contributed by atoms with Crippen LogP contribution in [0, 0.1) is 6.92 Å². The first kappa shape index (κ1) is 24.0. The molecule has 8 nitrogen and oxygen atoms in total. The predicted molar refractivity (Wildman–Crippen MR) is 122 cm³/mol. The topological polar surface area (TPSA) is 103 Å². The van der Waals surface area contributed by atoms with Gasteiger partial charge in [0.2, 0.25) is 0 Å². The van der Waals surface area contributed by atoms with Crippen LogP contribution in [-0.4, -0.2) is 23.8 Å². The van der Waals surface area contributed by atoms with Gasteiger partial charge >= 0.3 is 22.6 Å². The highest BCUT2D eigenvalue weighted by molar-refractivity contribution is 7.86. The second kappa shape index (κ2) is 9.22. The van der Waals surface area contributed by atoms with Crippen molar-refractivity contribution in [1.82, 2.24) is 14.1 Å². The summed E-state index contributed by atoms with van der Waals surface area (Å²) in [5.41, 5.74) is -6.60. The van der Waals surface area contributed by atoms with Gasteiger partial charge in [0.25, 0.3) is 0 Å². The summed E-state index contributed by atoms with van der Waals surface area (Å²) in [6.45, 7) is 1.64. The van der Waals surface area contributed by atoms with Crippen LogP contribution in [0.2, 0.25) is 0 Å². The van der Waals surface area contributed by atoms with E-state index in [4.69, 9.17) is 4.74 Å². The van der Waals surface area contributed by atoms with Gasteiger partial charge in [-0.1, -0.05) is 18.2 Å². The minimum Gasteiger partial charge on any atom is -0.457 e. The van der Waals surface area contributed by atoms with E-state index in [1.165, 1.54) is 30.3 Å². The average molecular weight is 503 g/mol. The van der Waals surface area contributed by atoms with E-state index in [0.29, 0.717) is 11.3 Å². The molecule has 180 valence electrons. The van der Waals surface area contributed by atoms with E-state index in [0.717, 1.165) is 21.3 Å². The zero-order chi connectivity index (χ0) is 25.3. The largest absolute Gasteiger partial charge is 0.475 e. The number of ether oxygens (including phenoxy) is 1. The van der Waals surface area contributed by atoms with E-state index in [-0.39, 0.29) is 17.1 Å². The van der Waals surface area contributed by atoms with Crippen molar-refractivity contribution in [2.24, 2.45) is 0 Å². The summed E-state index contributed by atoms with van der Waals surface area (Å²) in [4.78, 5) is 39.5. The van der Waals surface area contributed by atoms with Crippen LogP contribution in [0.3, 0.4) is 0 Å². The number of aromatic nitrogens is 3. The quantitative estimate of drug-likeness (QED) is 0.450. The Labute approximate surface area is 197 Å². The number of nitrogens with zero attached hydrogens (tertiary/aromatic N) is 2. The van der Waals surface area contributed by atoms with Crippen molar-refractivity contribution in [2.75, 3.05) is 0 Å². The number of rotatable bonds is 5. The van der Waals surface area contributed by atoms with Crippen molar-refractivity contribution in [3.8, 4) is 22.9 Å². The molecule has 0 saturated heterocycles. The molecule has 0 bridgehead atoms. The molecule has 35 heavy (non-hydrogen) atoms. The lowest BCUT2D eigenvalue weighted by Crippen LogP contribution is -2.48. The summed E-state index contributed by atoms with van der Waals surface area (Å²) < 4.78 is 56.6. The van der Waals surface area contributed by atoms with Crippen molar-refractivity contribution >= 4 is 10.8 Å². The van der Waals surface area contributed by atoms with Gasteiger partial charge in [-0.15, -0.1) is 0 Å². The highest BCUT2D eigenvalue weighted by Gasteiger charge is 2.37. The van der Waals surface area contributed by atoms with E-state index in [1.54, 1.807) is 37.3 Å². The number of hydrogen-bond donors (Lipinski definition) is 1. The first-order valence-corrected chi connectivity index (χ1v) is 11.1. The lowest BCUT2D eigenvalue weighted by molar-refractivity contribution is -0.0384.